The molecule has 0 nitrogen and oxygen atoms in total. The van der Waals surface area contributed by atoms with Gasteiger partial charge in [0.25, 0.3) is 0 Å². The molecule has 0 saturated heterocycles. The second-order valence-electron chi connectivity index (χ2n) is 6.55. The Balaban J connectivity index is 4.53. The van der Waals surface area contributed by atoms with E-state index in [1.165, 1.54) is 32.1 Å². The smallest absolute Gasteiger partial charge is 0.0328 e. The summed E-state index contributed by atoms with van der Waals surface area (Å²) >= 11 is 0. The van der Waals surface area contributed by atoms with Gasteiger partial charge in [-0.3, -0.25) is 0 Å². The van der Waals surface area contributed by atoms with E-state index < -0.39 is 0 Å². The summed E-state index contributed by atoms with van der Waals surface area (Å²) in [5.41, 5.74) is 1.04. The third kappa shape index (κ3) is 5.04. The SMILES string of the molecule is CCCC(CC(C)(C)CC)C(C)(C)CC. The van der Waals surface area contributed by atoms with Gasteiger partial charge >= 0.3 is 0 Å². The first-order valence-corrected chi connectivity index (χ1v) is 6.79. The molecule has 0 N–H and O–H groups in total. The molecule has 0 aliphatic carbocycles. The van der Waals surface area contributed by atoms with Crippen LogP contribution in [0.1, 0.15) is 80.6 Å². The Morgan fingerprint density at radius 2 is 1.40 bits per heavy atom. The van der Waals surface area contributed by atoms with Crippen molar-refractivity contribution in [3.8, 4) is 0 Å². The molecule has 92 valence electrons. The van der Waals surface area contributed by atoms with Gasteiger partial charge in [-0.05, 0) is 23.2 Å². The molecule has 0 spiro atoms. The summed E-state index contributed by atoms with van der Waals surface area (Å²) in [7, 11) is 0. The lowest BCUT2D eigenvalue weighted by atomic mass is 9.67. The van der Waals surface area contributed by atoms with E-state index in [9.17, 15) is 0 Å². The second-order valence-corrected chi connectivity index (χ2v) is 6.55. The minimum absolute atomic E-state index is 0.516. The van der Waals surface area contributed by atoms with Crippen LogP contribution in [-0.4, -0.2) is 0 Å². The fraction of sp³-hybridized carbons (Fsp3) is 1.00. The molecule has 0 heteroatoms. The van der Waals surface area contributed by atoms with Gasteiger partial charge < -0.3 is 0 Å². The lowest BCUT2D eigenvalue weighted by Gasteiger charge is -2.38. The molecule has 0 rings (SSSR count). The van der Waals surface area contributed by atoms with Crippen molar-refractivity contribution in [2.24, 2.45) is 16.7 Å². The van der Waals surface area contributed by atoms with Crippen molar-refractivity contribution in [2.75, 3.05) is 0 Å². The highest BCUT2D eigenvalue weighted by Crippen LogP contribution is 2.42. The zero-order chi connectivity index (χ0) is 12.1. The van der Waals surface area contributed by atoms with Gasteiger partial charge in [0, 0.05) is 0 Å². The van der Waals surface area contributed by atoms with Crippen molar-refractivity contribution in [1.82, 2.24) is 0 Å². The third-order valence-corrected chi connectivity index (χ3v) is 4.41. The Morgan fingerprint density at radius 1 is 0.867 bits per heavy atom. The molecule has 0 aromatic heterocycles. The summed E-state index contributed by atoms with van der Waals surface area (Å²) in [6.07, 6.45) is 6.71. The zero-order valence-electron chi connectivity index (χ0n) is 12.1. The Labute approximate surface area is 97.8 Å². The van der Waals surface area contributed by atoms with Crippen molar-refractivity contribution in [1.29, 1.82) is 0 Å². The highest BCUT2D eigenvalue weighted by Gasteiger charge is 2.31. The van der Waals surface area contributed by atoms with E-state index in [1.807, 2.05) is 0 Å². The zero-order valence-corrected chi connectivity index (χ0v) is 12.1. The quantitative estimate of drug-likeness (QED) is 0.510. The predicted molar refractivity (Wildman–Crippen MR) is 71.2 cm³/mol. The Hall–Kier alpha value is 0. The van der Waals surface area contributed by atoms with Gasteiger partial charge in [0.1, 0.15) is 0 Å². The van der Waals surface area contributed by atoms with Gasteiger partial charge in [0.15, 0.2) is 0 Å². The molecule has 15 heavy (non-hydrogen) atoms. The molecular formula is C15H32. The van der Waals surface area contributed by atoms with Crippen LogP contribution in [0.4, 0.5) is 0 Å². The van der Waals surface area contributed by atoms with Crippen LogP contribution in [0.2, 0.25) is 0 Å². The van der Waals surface area contributed by atoms with Crippen LogP contribution in [0.5, 0.6) is 0 Å². The van der Waals surface area contributed by atoms with E-state index in [2.05, 4.69) is 48.5 Å². The first kappa shape index (κ1) is 15.0. The molecule has 0 amide bonds. The molecule has 0 aliphatic rings. The van der Waals surface area contributed by atoms with Crippen molar-refractivity contribution in [2.45, 2.75) is 80.6 Å². The molecule has 1 atom stereocenters. The molecule has 0 fully saturated rings. The molecule has 0 saturated carbocycles. The number of hydrogen-bond acceptors (Lipinski definition) is 0. The van der Waals surface area contributed by atoms with Gasteiger partial charge in [0.2, 0.25) is 0 Å². The average Bonchev–Trinajstić information content (AvgIpc) is 2.17. The molecule has 0 aliphatic heterocycles. The van der Waals surface area contributed by atoms with Crippen LogP contribution in [-0.2, 0) is 0 Å². The van der Waals surface area contributed by atoms with Gasteiger partial charge in [-0.2, -0.15) is 0 Å². The fourth-order valence-electron chi connectivity index (χ4n) is 2.22. The van der Waals surface area contributed by atoms with E-state index in [0.29, 0.717) is 10.8 Å². The van der Waals surface area contributed by atoms with Crippen LogP contribution in [0.3, 0.4) is 0 Å². The van der Waals surface area contributed by atoms with E-state index in [1.54, 1.807) is 0 Å². The Bertz CT molecular complexity index is 165. The van der Waals surface area contributed by atoms with E-state index in [-0.39, 0.29) is 0 Å². The predicted octanol–water partition coefficient (Wildman–Crippen LogP) is 5.67. The Kier molecular flexibility index (Phi) is 5.92. The summed E-state index contributed by atoms with van der Waals surface area (Å²) in [5.74, 6) is 0.891. The van der Waals surface area contributed by atoms with Crippen LogP contribution in [0, 0.1) is 16.7 Å². The fourth-order valence-corrected chi connectivity index (χ4v) is 2.22. The lowest BCUT2D eigenvalue weighted by Crippen LogP contribution is -2.28. The maximum atomic E-state index is 2.44. The summed E-state index contributed by atoms with van der Waals surface area (Å²) < 4.78 is 0. The molecule has 0 heterocycles. The standard InChI is InChI=1S/C15H32/c1-8-11-13(15(6,7)10-3)12-14(4,5)9-2/h13H,8-12H2,1-7H3. The average molecular weight is 212 g/mol. The highest BCUT2D eigenvalue weighted by molar-refractivity contribution is 4.82. The Morgan fingerprint density at radius 3 is 1.73 bits per heavy atom. The van der Waals surface area contributed by atoms with Crippen molar-refractivity contribution in [3.05, 3.63) is 0 Å². The number of rotatable bonds is 7. The van der Waals surface area contributed by atoms with Crippen LogP contribution < -0.4 is 0 Å². The van der Waals surface area contributed by atoms with Crippen molar-refractivity contribution >= 4 is 0 Å². The van der Waals surface area contributed by atoms with Gasteiger partial charge in [-0.1, -0.05) is 74.1 Å². The summed E-state index contributed by atoms with van der Waals surface area (Å²) in [6.45, 7) is 16.7. The molecule has 1 unspecified atom stereocenters. The van der Waals surface area contributed by atoms with Gasteiger partial charge in [-0.15, -0.1) is 0 Å². The largest absolute Gasteiger partial charge is 0.0654 e. The van der Waals surface area contributed by atoms with Gasteiger partial charge in [-0.25, -0.2) is 0 Å². The van der Waals surface area contributed by atoms with Gasteiger partial charge in [0.05, 0.1) is 0 Å². The van der Waals surface area contributed by atoms with Crippen LogP contribution in [0.25, 0.3) is 0 Å². The van der Waals surface area contributed by atoms with Crippen molar-refractivity contribution < 1.29 is 0 Å². The minimum atomic E-state index is 0.516. The monoisotopic (exact) mass is 212 g/mol. The summed E-state index contributed by atoms with van der Waals surface area (Å²) in [6, 6.07) is 0. The maximum absolute atomic E-state index is 2.44. The molecule has 0 aromatic carbocycles. The maximum Gasteiger partial charge on any atom is -0.0328 e. The first-order valence-electron chi connectivity index (χ1n) is 6.79. The second kappa shape index (κ2) is 5.92. The lowest BCUT2D eigenvalue weighted by molar-refractivity contribution is 0.121. The normalized spacial score (nSPS) is 15.4. The van der Waals surface area contributed by atoms with Crippen molar-refractivity contribution in [3.63, 3.8) is 0 Å². The van der Waals surface area contributed by atoms with Crippen LogP contribution in [0.15, 0.2) is 0 Å². The third-order valence-electron chi connectivity index (χ3n) is 4.41. The molecule has 0 bridgehead atoms. The molecule has 0 aromatic rings. The van der Waals surface area contributed by atoms with E-state index in [4.69, 9.17) is 0 Å². The highest BCUT2D eigenvalue weighted by atomic mass is 14.4. The van der Waals surface area contributed by atoms with E-state index >= 15 is 0 Å². The molecule has 0 radical (unpaired) electrons. The minimum Gasteiger partial charge on any atom is -0.0654 e. The summed E-state index contributed by atoms with van der Waals surface area (Å²) in [5, 5.41) is 0. The van der Waals surface area contributed by atoms with E-state index in [0.717, 1.165) is 5.92 Å². The summed E-state index contributed by atoms with van der Waals surface area (Å²) in [4.78, 5) is 0. The first-order chi connectivity index (χ1) is 6.79. The molecular weight excluding hydrogens is 180 g/mol. The van der Waals surface area contributed by atoms with Crippen LogP contribution >= 0.6 is 0 Å². The number of hydrogen-bond donors (Lipinski definition) is 0. The topological polar surface area (TPSA) is 0 Å².